The summed E-state index contributed by atoms with van der Waals surface area (Å²) in [6.07, 6.45) is 5.68. The van der Waals surface area contributed by atoms with E-state index in [1.54, 1.807) is 35.9 Å². The molecular weight excluding hydrogens is 542 g/mol. The van der Waals surface area contributed by atoms with Crippen LogP contribution in [0, 0.1) is 12.3 Å². The second kappa shape index (κ2) is 13.0. The molecule has 0 unspecified atom stereocenters. The van der Waals surface area contributed by atoms with Crippen molar-refractivity contribution >= 4 is 34.2 Å². The predicted octanol–water partition coefficient (Wildman–Crippen LogP) is 3.29. The van der Waals surface area contributed by atoms with E-state index in [2.05, 4.69) is 15.7 Å². The van der Waals surface area contributed by atoms with Gasteiger partial charge in [0.1, 0.15) is 11.4 Å². The number of β-amino-alcohol motifs (C(OH)–C–C–N with tert-alkyl or cyclic N) is 1. The molecule has 4 rings (SSSR count). The number of aliphatic hydroxyl groups is 1. The minimum absolute atomic E-state index is 0.132. The molecule has 9 nitrogen and oxygen atoms in total. The number of piperazine rings is 1. The Labute approximate surface area is 246 Å². The number of anilines is 1. The third-order valence-electron chi connectivity index (χ3n) is 7.09. The van der Waals surface area contributed by atoms with Gasteiger partial charge in [0.05, 0.1) is 36.2 Å². The van der Waals surface area contributed by atoms with Gasteiger partial charge in [-0.3, -0.25) is 19.2 Å². The molecule has 1 fully saturated rings. The highest BCUT2D eigenvalue weighted by Crippen LogP contribution is 2.26. The van der Waals surface area contributed by atoms with Gasteiger partial charge in [-0.15, -0.1) is 6.42 Å². The summed E-state index contributed by atoms with van der Waals surface area (Å²) in [5.41, 5.74) is 1.85. The number of aromatic nitrogens is 2. The maximum atomic E-state index is 13.4. The number of hydrogen-bond donors (Lipinski definition) is 1. The van der Waals surface area contributed by atoms with E-state index in [-0.39, 0.29) is 12.2 Å². The van der Waals surface area contributed by atoms with E-state index in [9.17, 15) is 14.7 Å². The van der Waals surface area contributed by atoms with Gasteiger partial charge in [0.2, 0.25) is 0 Å². The van der Waals surface area contributed by atoms with Gasteiger partial charge in [0, 0.05) is 57.0 Å². The van der Waals surface area contributed by atoms with E-state index in [0.717, 1.165) is 37.4 Å². The Morgan fingerprint density at radius 3 is 2.41 bits per heavy atom. The molecule has 1 aliphatic heterocycles. The number of ether oxygens (including phenoxy) is 1. The average Bonchev–Trinajstić information content (AvgIpc) is 2.92. The minimum Gasteiger partial charge on any atom is -0.456 e. The van der Waals surface area contributed by atoms with E-state index in [1.165, 1.54) is 0 Å². The molecule has 41 heavy (non-hydrogen) atoms. The predicted molar refractivity (Wildman–Crippen MR) is 162 cm³/mol. The molecule has 1 saturated heterocycles. The largest absolute Gasteiger partial charge is 0.456 e. The summed E-state index contributed by atoms with van der Waals surface area (Å²) in [5.74, 6) is 2.97. The number of esters is 1. The van der Waals surface area contributed by atoms with Crippen LogP contribution in [0.2, 0.25) is 5.02 Å². The lowest BCUT2D eigenvalue weighted by Gasteiger charge is -2.34. The van der Waals surface area contributed by atoms with Crippen LogP contribution in [0.15, 0.2) is 41.2 Å². The maximum absolute atomic E-state index is 13.4. The quantitative estimate of drug-likeness (QED) is 0.305. The Balaban J connectivity index is 1.55. The number of halogens is 1. The van der Waals surface area contributed by atoms with E-state index < -0.39 is 11.6 Å². The monoisotopic (exact) mass is 579 g/mol. The molecule has 10 heteroatoms. The Morgan fingerprint density at radius 2 is 1.80 bits per heavy atom. The van der Waals surface area contributed by atoms with Crippen molar-refractivity contribution in [2.45, 2.75) is 39.5 Å². The first-order chi connectivity index (χ1) is 19.5. The number of carbonyl (C=O) groups is 1. The highest BCUT2D eigenvalue weighted by atomic mass is 35.5. The van der Waals surface area contributed by atoms with Crippen molar-refractivity contribution in [2.24, 2.45) is 7.05 Å². The van der Waals surface area contributed by atoms with Gasteiger partial charge in [-0.25, -0.2) is 9.78 Å². The lowest BCUT2D eigenvalue weighted by atomic mass is 10.1. The normalized spacial score (nSPS) is 14.7. The van der Waals surface area contributed by atoms with Gasteiger partial charge in [-0.1, -0.05) is 17.5 Å². The van der Waals surface area contributed by atoms with Crippen molar-refractivity contribution in [3.63, 3.8) is 0 Å². The molecule has 0 radical (unpaired) electrons. The third-order valence-corrected chi connectivity index (χ3v) is 7.44. The van der Waals surface area contributed by atoms with Crippen molar-refractivity contribution in [3.05, 3.63) is 68.7 Å². The van der Waals surface area contributed by atoms with Crippen molar-refractivity contribution in [1.82, 2.24) is 19.4 Å². The highest BCUT2D eigenvalue weighted by Gasteiger charge is 2.21. The number of fused-ring (bicyclic) bond motifs is 1. The first kappa shape index (κ1) is 30.5. The van der Waals surface area contributed by atoms with Crippen LogP contribution < -0.4 is 10.5 Å². The molecule has 3 aromatic rings. The molecule has 1 aromatic heterocycles. The van der Waals surface area contributed by atoms with Crippen molar-refractivity contribution in [3.8, 4) is 12.3 Å². The molecule has 0 bridgehead atoms. The van der Waals surface area contributed by atoms with Gasteiger partial charge in [0.25, 0.3) is 5.56 Å². The van der Waals surface area contributed by atoms with Crippen LogP contribution in [0.5, 0.6) is 0 Å². The second-order valence-corrected chi connectivity index (χ2v) is 11.7. The van der Waals surface area contributed by atoms with Gasteiger partial charge in [-0.05, 0) is 62.7 Å². The minimum atomic E-state index is -0.582. The fourth-order valence-electron chi connectivity index (χ4n) is 4.86. The van der Waals surface area contributed by atoms with E-state index in [1.807, 2.05) is 37.8 Å². The molecule has 0 aliphatic carbocycles. The van der Waals surface area contributed by atoms with Crippen molar-refractivity contribution in [1.29, 1.82) is 0 Å². The second-order valence-electron chi connectivity index (χ2n) is 11.3. The summed E-state index contributed by atoms with van der Waals surface area (Å²) in [4.78, 5) is 37.1. The SMILES string of the molecule is C#CCN(Cc1cc2c(=O)n(C)c(CN3CCN(CCO)CC3)nc2cc1Cl)c1ccc(C(=O)OC(C)(C)C)cc1. The summed E-state index contributed by atoms with van der Waals surface area (Å²) in [6, 6.07) is 10.6. The Kier molecular flexibility index (Phi) is 9.72. The van der Waals surface area contributed by atoms with Crippen LogP contribution in [-0.4, -0.2) is 81.9 Å². The number of carbonyl (C=O) groups excluding carboxylic acids is 1. The molecule has 1 N–H and O–H groups in total. The fourth-order valence-corrected chi connectivity index (χ4v) is 5.08. The maximum Gasteiger partial charge on any atom is 0.338 e. The fraction of sp³-hybridized carbons (Fsp3) is 0.452. The molecule has 2 heterocycles. The topological polar surface area (TPSA) is 91.1 Å². The molecule has 0 amide bonds. The zero-order valence-corrected chi connectivity index (χ0v) is 24.9. The summed E-state index contributed by atoms with van der Waals surface area (Å²) < 4.78 is 7.06. The Bertz CT molecular complexity index is 1480. The zero-order chi connectivity index (χ0) is 29.7. The molecular formula is C31H38ClN5O4. The Morgan fingerprint density at radius 1 is 1.15 bits per heavy atom. The van der Waals surface area contributed by atoms with Crippen LogP contribution in [0.1, 0.15) is 42.5 Å². The number of hydrogen-bond acceptors (Lipinski definition) is 8. The lowest BCUT2D eigenvalue weighted by Crippen LogP contribution is -2.47. The number of terminal acetylenes is 1. The van der Waals surface area contributed by atoms with E-state index in [4.69, 9.17) is 27.7 Å². The smallest absolute Gasteiger partial charge is 0.338 e. The van der Waals surface area contributed by atoms with Crippen LogP contribution in [-0.2, 0) is 24.9 Å². The zero-order valence-electron chi connectivity index (χ0n) is 24.2. The third kappa shape index (κ3) is 7.66. The first-order valence-electron chi connectivity index (χ1n) is 13.7. The summed E-state index contributed by atoms with van der Waals surface area (Å²) in [7, 11) is 1.75. The number of nitrogens with zero attached hydrogens (tertiary/aromatic N) is 5. The molecule has 0 atom stereocenters. The van der Waals surface area contributed by atoms with Crippen molar-refractivity contribution < 1.29 is 14.6 Å². The summed E-state index contributed by atoms with van der Waals surface area (Å²) in [6.45, 7) is 11.0. The van der Waals surface area contributed by atoms with Crippen LogP contribution >= 0.6 is 11.6 Å². The molecule has 2 aromatic carbocycles. The first-order valence-corrected chi connectivity index (χ1v) is 14.1. The molecule has 1 aliphatic rings. The highest BCUT2D eigenvalue weighted by molar-refractivity contribution is 6.32. The van der Waals surface area contributed by atoms with E-state index >= 15 is 0 Å². The Hall–Kier alpha value is -3.42. The van der Waals surface area contributed by atoms with E-state index in [0.29, 0.717) is 53.5 Å². The molecule has 0 spiro atoms. The number of aliphatic hydroxyl groups excluding tert-OH is 1. The van der Waals surface area contributed by atoms with Gasteiger partial charge in [0.15, 0.2) is 0 Å². The summed E-state index contributed by atoms with van der Waals surface area (Å²) >= 11 is 6.72. The summed E-state index contributed by atoms with van der Waals surface area (Å²) in [5, 5.41) is 10.2. The average molecular weight is 580 g/mol. The van der Waals surface area contributed by atoms with Gasteiger partial charge >= 0.3 is 5.97 Å². The van der Waals surface area contributed by atoms with Crippen molar-refractivity contribution in [2.75, 3.05) is 50.8 Å². The molecule has 0 saturated carbocycles. The molecule has 218 valence electrons. The van der Waals surface area contributed by atoms with Gasteiger partial charge in [-0.2, -0.15) is 0 Å². The van der Waals surface area contributed by atoms with Crippen LogP contribution in [0.3, 0.4) is 0 Å². The number of rotatable bonds is 9. The van der Waals surface area contributed by atoms with Gasteiger partial charge < -0.3 is 14.7 Å². The van der Waals surface area contributed by atoms with Crippen LogP contribution in [0.4, 0.5) is 5.69 Å². The standard InChI is InChI=1S/C31H38ClN5O4/c1-6-11-37(24-9-7-22(8-10-24)30(40)41-31(2,3)4)20-23-18-25-27(19-26(23)32)33-28(34(5)29(25)39)21-36-14-12-35(13-15-36)16-17-38/h1,7-10,18-19,38H,11-17,20-21H2,2-5H3. The number of benzene rings is 2. The van der Waals surface area contributed by atoms with Crippen LogP contribution in [0.25, 0.3) is 10.9 Å². The lowest BCUT2D eigenvalue weighted by molar-refractivity contribution is 0.00695.